The highest BCUT2D eigenvalue weighted by atomic mass is 32.2. The second kappa shape index (κ2) is 6.96. The molecule has 0 aromatic carbocycles. The van der Waals surface area contributed by atoms with Crippen molar-refractivity contribution in [2.24, 2.45) is 0 Å². The van der Waals surface area contributed by atoms with Crippen LogP contribution in [-0.2, 0) is 6.54 Å². The first-order valence-electron chi connectivity index (χ1n) is 5.69. The highest BCUT2D eigenvalue weighted by molar-refractivity contribution is 7.98. The minimum Gasteiger partial charge on any atom is -0.353 e. The number of thioether (sulfide) groups is 1. The Labute approximate surface area is 97.4 Å². The van der Waals surface area contributed by atoms with Gasteiger partial charge in [0.1, 0.15) is 0 Å². The Balaban J connectivity index is 2.56. The molecule has 1 aromatic heterocycles. The molecule has 1 aromatic rings. The number of hydrogen-bond donors (Lipinski definition) is 1. The Morgan fingerprint density at radius 2 is 2.27 bits per heavy atom. The van der Waals surface area contributed by atoms with Crippen LogP contribution in [0.1, 0.15) is 31.9 Å². The smallest absolute Gasteiger partial charge is 0.0332 e. The van der Waals surface area contributed by atoms with E-state index in [9.17, 15) is 0 Å². The Kier molecular flexibility index (Phi) is 5.88. The summed E-state index contributed by atoms with van der Waals surface area (Å²) in [6, 6.07) is 2.75. The van der Waals surface area contributed by atoms with Crippen molar-refractivity contribution in [3.63, 3.8) is 0 Å². The van der Waals surface area contributed by atoms with Crippen molar-refractivity contribution in [3.8, 4) is 0 Å². The van der Waals surface area contributed by atoms with Gasteiger partial charge < -0.3 is 9.88 Å². The van der Waals surface area contributed by atoms with Crippen molar-refractivity contribution in [1.82, 2.24) is 9.88 Å². The van der Waals surface area contributed by atoms with Crippen LogP contribution < -0.4 is 5.32 Å². The van der Waals surface area contributed by atoms with E-state index in [0.29, 0.717) is 6.04 Å². The van der Waals surface area contributed by atoms with Gasteiger partial charge in [0.15, 0.2) is 0 Å². The van der Waals surface area contributed by atoms with Gasteiger partial charge in [-0.05, 0) is 30.9 Å². The number of nitrogens with zero attached hydrogens (tertiary/aromatic N) is 1. The zero-order chi connectivity index (χ0) is 11.1. The van der Waals surface area contributed by atoms with E-state index in [1.54, 1.807) is 0 Å². The Morgan fingerprint density at radius 1 is 1.47 bits per heavy atom. The first-order chi connectivity index (χ1) is 7.31. The van der Waals surface area contributed by atoms with Gasteiger partial charge in [-0.25, -0.2) is 0 Å². The van der Waals surface area contributed by atoms with Crippen molar-refractivity contribution in [3.05, 3.63) is 24.0 Å². The number of hydrogen-bond acceptors (Lipinski definition) is 2. The third-order valence-corrected chi connectivity index (χ3v) is 3.18. The SMILES string of the molecule is CCNC(CC)c1ccn(CCSC)c1. The van der Waals surface area contributed by atoms with Gasteiger partial charge in [-0.3, -0.25) is 0 Å². The molecule has 0 aliphatic rings. The zero-order valence-electron chi connectivity index (χ0n) is 9.99. The monoisotopic (exact) mass is 226 g/mol. The third kappa shape index (κ3) is 3.92. The predicted molar refractivity (Wildman–Crippen MR) is 69.5 cm³/mol. The lowest BCUT2D eigenvalue weighted by Gasteiger charge is -2.13. The number of rotatable bonds is 7. The van der Waals surface area contributed by atoms with Crippen LogP contribution in [0.4, 0.5) is 0 Å². The van der Waals surface area contributed by atoms with E-state index < -0.39 is 0 Å². The lowest BCUT2D eigenvalue weighted by atomic mass is 10.1. The lowest BCUT2D eigenvalue weighted by Crippen LogP contribution is -2.19. The van der Waals surface area contributed by atoms with Crippen LogP contribution in [0.3, 0.4) is 0 Å². The van der Waals surface area contributed by atoms with Crippen LogP contribution in [0.15, 0.2) is 18.5 Å². The van der Waals surface area contributed by atoms with Crippen LogP contribution in [0, 0.1) is 0 Å². The fraction of sp³-hybridized carbons (Fsp3) is 0.667. The van der Waals surface area contributed by atoms with Gasteiger partial charge in [-0.15, -0.1) is 0 Å². The molecule has 1 atom stereocenters. The summed E-state index contributed by atoms with van der Waals surface area (Å²) in [7, 11) is 0. The van der Waals surface area contributed by atoms with Gasteiger partial charge in [-0.1, -0.05) is 13.8 Å². The third-order valence-electron chi connectivity index (χ3n) is 2.59. The molecule has 0 aliphatic heterocycles. The maximum Gasteiger partial charge on any atom is 0.0332 e. The topological polar surface area (TPSA) is 17.0 Å². The highest BCUT2D eigenvalue weighted by Gasteiger charge is 2.08. The summed E-state index contributed by atoms with van der Waals surface area (Å²) in [6.07, 6.45) is 7.76. The standard InChI is InChI=1S/C12H22N2S/c1-4-12(13-5-2)11-6-7-14(10-11)8-9-15-3/h6-7,10,12-13H,4-5,8-9H2,1-3H3. The van der Waals surface area contributed by atoms with Crippen LogP contribution >= 0.6 is 11.8 Å². The molecule has 15 heavy (non-hydrogen) atoms. The molecule has 3 heteroatoms. The first-order valence-corrected chi connectivity index (χ1v) is 7.09. The molecule has 86 valence electrons. The van der Waals surface area contributed by atoms with Gasteiger partial charge in [0.2, 0.25) is 0 Å². The average Bonchev–Trinajstić information content (AvgIpc) is 2.71. The molecule has 0 radical (unpaired) electrons. The molecule has 1 heterocycles. The van der Waals surface area contributed by atoms with Crippen molar-refractivity contribution in [2.75, 3.05) is 18.6 Å². The van der Waals surface area contributed by atoms with E-state index in [1.165, 1.54) is 11.3 Å². The van der Waals surface area contributed by atoms with E-state index >= 15 is 0 Å². The molecule has 0 aliphatic carbocycles. The molecule has 0 saturated carbocycles. The van der Waals surface area contributed by atoms with E-state index in [2.05, 4.69) is 48.4 Å². The average molecular weight is 226 g/mol. The molecule has 1 N–H and O–H groups in total. The molecule has 0 fully saturated rings. The lowest BCUT2D eigenvalue weighted by molar-refractivity contribution is 0.536. The summed E-state index contributed by atoms with van der Waals surface area (Å²) in [5.74, 6) is 1.19. The molecule has 1 rings (SSSR count). The van der Waals surface area contributed by atoms with Crippen molar-refractivity contribution in [2.45, 2.75) is 32.9 Å². The van der Waals surface area contributed by atoms with Gasteiger partial charge >= 0.3 is 0 Å². The van der Waals surface area contributed by atoms with Crippen LogP contribution in [-0.4, -0.2) is 23.1 Å². The Hall–Kier alpha value is -0.410. The summed E-state index contributed by atoms with van der Waals surface area (Å²) in [6.45, 7) is 6.54. The minimum atomic E-state index is 0.519. The maximum absolute atomic E-state index is 3.50. The van der Waals surface area contributed by atoms with E-state index in [1.807, 2.05) is 11.8 Å². The summed E-state index contributed by atoms with van der Waals surface area (Å²) < 4.78 is 2.28. The summed E-state index contributed by atoms with van der Waals surface area (Å²) in [5, 5.41) is 3.50. The number of aromatic nitrogens is 1. The van der Waals surface area contributed by atoms with Crippen molar-refractivity contribution >= 4 is 11.8 Å². The van der Waals surface area contributed by atoms with Crippen molar-refractivity contribution in [1.29, 1.82) is 0 Å². The zero-order valence-corrected chi connectivity index (χ0v) is 10.8. The Morgan fingerprint density at radius 3 is 2.87 bits per heavy atom. The number of aryl methyl sites for hydroxylation is 1. The summed E-state index contributed by atoms with van der Waals surface area (Å²) in [5.41, 5.74) is 1.42. The van der Waals surface area contributed by atoms with Gasteiger partial charge in [0.25, 0.3) is 0 Å². The normalized spacial score (nSPS) is 13.0. The molecule has 0 amide bonds. The molecular weight excluding hydrogens is 204 g/mol. The molecule has 0 spiro atoms. The number of nitrogens with one attached hydrogen (secondary N) is 1. The second-order valence-electron chi connectivity index (χ2n) is 3.69. The maximum atomic E-state index is 3.50. The van der Waals surface area contributed by atoms with Gasteiger partial charge in [0.05, 0.1) is 0 Å². The van der Waals surface area contributed by atoms with Gasteiger partial charge in [-0.2, -0.15) is 11.8 Å². The van der Waals surface area contributed by atoms with Crippen LogP contribution in [0.2, 0.25) is 0 Å². The molecule has 0 saturated heterocycles. The fourth-order valence-electron chi connectivity index (χ4n) is 1.75. The van der Waals surface area contributed by atoms with Crippen LogP contribution in [0.25, 0.3) is 0 Å². The molecule has 1 unspecified atom stereocenters. The summed E-state index contributed by atoms with van der Waals surface area (Å²) >= 11 is 1.89. The largest absolute Gasteiger partial charge is 0.353 e. The second-order valence-corrected chi connectivity index (χ2v) is 4.68. The molecule has 0 bridgehead atoms. The first kappa shape index (κ1) is 12.7. The molecule has 2 nitrogen and oxygen atoms in total. The van der Waals surface area contributed by atoms with Gasteiger partial charge in [0, 0.05) is 30.7 Å². The molecular formula is C12H22N2S. The van der Waals surface area contributed by atoms with E-state index in [-0.39, 0.29) is 0 Å². The fourth-order valence-corrected chi connectivity index (χ4v) is 2.14. The van der Waals surface area contributed by atoms with E-state index in [4.69, 9.17) is 0 Å². The quantitative estimate of drug-likeness (QED) is 0.770. The minimum absolute atomic E-state index is 0.519. The highest BCUT2D eigenvalue weighted by Crippen LogP contribution is 2.16. The summed E-state index contributed by atoms with van der Waals surface area (Å²) in [4.78, 5) is 0. The van der Waals surface area contributed by atoms with E-state index in [0.717, 1.165) is 19.5 Å². The van der Waals surface area contributed by atoms with Crippen LogP contribution in [0.5, 0.6) is 0 Å². The Bertz CT molecular complexity index is 270. The predicted octanol–water partition coefficient (Wildman–Crippen LogP) is 2.91. The van der Waals surface area contributed by atoms with Crippen molar-refractivity contribution < 1.29 is 0 Å².